The minimum atomic E-state index is -0.790. The third-order valence-electron chi connectivity index (χ3n) is 4.77. The number of carbonyl (C=O) groups excluding carboxylic acids is 2. The SMILES string of the molecule is COC(=O)Cn1c(=NC(=O)c2cc3ccccc3oc2=O)sc2cc(OC)c(OC)cc21. The molecule has 2 aromatic carbocycles. The van der Waals surface area contributed by atoms with Crippen molar-refractivity contribution in [3.05, 3.63) is 63.2 Å². The van der Waals surface area contributed by atoms with Crippen molar-refractivity contribution in [1.29, 1.82) is 0 Å². The molecule has 0 atom stereocenters. The van der Waals surface area contributed by atoms with E-state index < -0.39 is 17.5 Å². The van der Waals surface area contributed by atoms with Gasteiger partial charge in [0.1, 0.15) is 17.7 Å². The summed E-state index contributed by atoms with van der Waals surface area (Å²) in [4.78, 5) is 41.6. The number of aromatic nitrogens is 1. The van der Waals surface area contributed by atoms with Crippen molar-refractivity contribution < 1.29 is 28.2 Å². The molecule has 9 nitrogen and oxygen atoms in total. The third-order valence-corrected chi connectivity index (χ3v) is 5.81. The van der Waals surface area contributed by atoms with Gasteiger partial charge in [0.2, 0.25) is 0 Å². The zero-order valence-electron chi connectivity index (χ0n) is 17.4. The number of esters is 1. The molecule has 0 radical (unpaired) electrons. The number of para-hydroxylation sites is 1. The van der Waals surface area contributed by atoms with E-state index in [1.807, 2.05) is 0 Å². The summed E-state index contributed by atoms with van der Waals surface area (Å²) in [5, 5.41) is 0.596. The quantitative estimate of drug-likeness (QED) is 0.337. The van der Waals surface area contributed by atoms with Crippen LogP contribution in [-0.2, 0) is 16.1 Å². The lowest BCUT2D eigenvalue weighted by Gasteiger charge is -2.09. The van der Waals surface area contributed by atoms with Gasteiger partial charge in [-0.2, -0.15) is 4.99 Å². The van der Waals surface area contributed by atoms with E-state index in [2.05, 4.69) is 4.99 Å². The van der Waals surface area contributed by atoms with Gasteiger partial charge in [-0.05, 0) is 12.1 Å². The maximum atomic E-state index is 12.9. The Morgan fingerprint density at radius 3 is 2.50 bits per heavy atom. The van der Waals surface area contributed by atoms with Gasteiger partial charge < -0.3 is 23.2 Å². The fraction of sp³-hybridized carbons (Fsp3) is 0.182. The average Bonchev–Trinajstić information content (AvgIpc) is 3.12. The molecular formula is C22H18N2O7S. The topological polar surface area (TPSA) is 109 Å². The highest BCUT2D eigenvalue weighted by molar-refractivity contribution is 7.16. The Bertz CT molecular complexity index is 1480. The molecule has 0 fully saturated rings. The zero-order chi connectivity index (χ0) is 22.8. The Hall–Kier alpha value is -3.92. The molecule has 0 saturated heterocycles. The van der Waals surface area contributed by atoms with Crippen LogP contribution >= 0.6 is 11.3 Å². The van der Waals surface area contributed by atoms with Gasteiger partial charge in [0.15, 0.2) is 16.3 Å². The molecule has 4 aromatic rings. The number of hydrogen-bond acceptors (Lipinski definition) is 8. The molecule has 0 bridgehead atoms. The summed E-state index contributed by atoms with van der Waals surface area (Å²) >= 11 is 1.16. The Labute approximate surface area is 185 Å². The molecule has 0 spiro atoms. The van der Waals surface area contributed by atoms with Crippen molar-refractivity contribution in [2.45, 2.75) is 6.54 Å². The predicted octanol–water partition coefficient (Wildman–Crippen LogP) is 2.74. The second-order valence-electron chi connectivity index (χ2n) is 6.62. The summed E-state index contributed by atoms with van der Waals surface area (Å²) < 4.78 is 22.9. The molecular weight excluding hydrogens is 436 g/mol. The molecule has 4 rings (SSSR count). The molecule has 1 amide bonds. The first-order valence-electron chi connectivity index (χ1n) is 9.39. The lowest BCUT2D eigenvalue weighted by Crippen LogP contribution is -2.23. The summed E-state index contributed by atoms with van der Waals surface area (Å²) in [6.45, 7) is -0.190. The molecule has 32 heavy (non-hydrogen) atoms. The standard InChI is InChI=1S/C22H18N2O7S/c1-28-16-9-14-18(10-17(16)29-2)32-22(24(14)11-19(25)30-3)23-20(26)13-8-12-6-4-5-7-15(12)31-21(13)27/h4-10H,11H2,1-3H3. The first-order valence-corrected chi connectivity index (χ1v) is 10.2. The molecule has 0 aliphatic rings. The van der Waals surface area contributed by atoms with Gasteiger partial charge in [0.05, 0.1) is 31.5 Å². The normalized spacial score (nSPS) is 11.7. The van der Waals surface area contributed by atoms with E-state index in [9.17, 15) is 14.4 Å². The fourth-order valence-electron chi connectivity index (χ4n) is 3.19. The number of nitrogens with zero attached hydrogens (tertiary/aromatic N) is 2. The lowest BCUT2D eigenvalue weighted by molar-refractivity contribution is -0.141. The van der Waals surface area contributed by atoms with Crippen LogP contribution in [0.5, 0.6) is 11.5 Å². The van der Waals surface area contributed by atoms with Gasteiger partial charge >= 0.3 is 11.6 Å². The predicted molar refractivity (Wildman–Crippen MR) is 117 cm³/mol. The monoisotopic (exact) mass is 454 g/mol. The van der Waals surface area contributed by atoms with E-state index in [0.717, 1.165) is 11.3 Å². The number of rotatable bonds is 5. The van der Waals surface area contributed by atoms with Crippen molar-refractivity contribution in [3.63, 3.8) is 0 Å². The van der Waals surface area contributed by atoms with E-state index in [1.54, 1.807) is 36.4 Å². The van der Waals surface area contributed by atoms with E-state index in [0.29, 0.717) is 32.7 Å². The van der Waals surface area contributed by atoms with Crippen LogP contribution in [0.1, 0.15) is 10.4 Å². The fourth-order valence-corrected chi connectivity index (χ4v) is 4.22. The minimum Gasteiger partial charge on any atom is -0.493 e. The van der Waals surface area contributed by atoms with Gasteiger partial charge in [-0.1, -0.05) is 29.5 Å². The second kappa shape index (κ2) is 8.67. The first kappa shape index (κ1) is 21.3. The highest BCUT2D eigenvalue weighted by atomic mass is 32.1. The van der Waals surface area contributed by atoms with Gasteiger partial charge in [0.25, 0.3) is 5.91 Å². The summed E-state index contributed by atoms with van der Waals surface area (Å²) in [5.74, 6) is -0.379. The smallest absolute Gasteiger partial charge is 0.349 e. The number of hydrogen-bond donors (Lipinski definition) is 0. The Morgan fingerprint density at radius 1 is 1.06 bits per heavy atom. The first-order chi connectivity index (χ1) is 15.4. The number of fused-ring (bicyclic) bond motifs is 2. The van der Waals surface area contributed by atoms with Crippen LogP contribution < -0.4 is 19.9 Å². The molecule has 0 unspecified atom stereocenters. The van der Waals surface area contributed by atoms with Crippen LogP contribution in [0.4, 0.5) is 0 Å². The molecule has 0 saturated carbocycles. The number of benzene rings is 2. The van der Waals surface area contributed by atoms with Gasteiger partial charge in [-0.25, -0.2) is 4.79 Å². The van der Waals surface area contributed by atoms with Crippen LogP contribution in [0.3, 0.4) is 0 Å². The van der Waals surface area contributed by atoms with Gasteiger partial charge in [-0.15, -0.1) is 0 Å². The van der Waals surface area contributed by atoms with Crippen molar-refractivity contribution >= 4 is 44.4 Å². The van der Waals surface area contributed by atoms with Crippen LogP contribution in [0.15, 0.2) is 56.7 Å². The maximum absolute atomic E-state index is 12.9. The third kappa shape index (κ3) is 3.87. The van der Waals surface area contributed by atoms with Crippen LogP contribution in [0.25, 0.3) is 21.2 Å². The molecule has 2 aromatic heterocycles. The second-order valence-corrected chi connectivity index (χ2v) is 7.63. The average molecular weight is 454 g/mol. The van der Waals surface area contributed by atoms with E-state index >= 15 is 0 Å². The number of amides is 1. The Morgan fingerprint density at radius 2 is 1.78 bits per heavy atom. The summed E-state index contributed by atoms with van der Waals surface area (Å²) in [6.07, 6.45) is 0. The lowest BCUT2D eigenvalue weighted by atomic mass is 10.2. The summed E-state index contributed by atoms with van der Waals surface area (Å²) in [5.41, 5.74) is -0.0339. The van der Waals surface area contributed by atoms with Crippen molar-refractivity contribution in [2.75, 3.05) is 21.3 Å². The molecule has 10 heteroatoms. The number of thiazole rings is 1. The van der Waals surface area contributed by atoms with Crippen LogP contribution in [0, 0.1) is 0 Å². The molecule has 0 aliphatic carbocycles. The van der Waals surface area contributed by atoms with E-state index in [1.165, 1.54) is 32.0 Å². The highest BCUT2D eigenvalue weighted by Crippen LogP contribution is 2.33. The van der Waals surface area contributed by atoms with Gasteiger partial charge in [-0.3, -0.25) is 9.59 Å². The number of ether oxygens (including phenoxy) is 3. The van der Waals surface area contributed by atoms with Gasteiger partial charge in [0, 0.05) is 17.5 Å². The molecule has 2 heterocycles. The van der Waals surface area contributed by atoms with Crippen molar-refractivity contribution in [3.8, 4) is 11.5 Å². The molecule has 0 aliphatic heterocycles. The Balaban J connectivity index is 1.91. The van der Waals surface area contributed by atoms with E-state index in [-0.39, 0.29) is 16.9 Å². The largest absolute Gasteiger partial charge is 0.493 e. The Kier molecular flexibility index (Phi) is 5.78. The molecule has 164 valence electrons. The molecule has 0 N–H and O–H groups in total. The highest BCUT2D eigenvalue weighted by Gasteiger charge is 2.18. The van der Waals surface area contributed by atoms with Crippen LogP contribution in [-0.4, -0.2) is 37.8 Å². The van der Waals surface area contributed by atoms with E-state index in [4.69, 9.17) is 18.6 Å². The summed E-state index contributed by atoms with van der Waals surface area (Å²) in [6, 6.07) is 11.7. The maximum Gasteiger partial charge on any atom is 0.349 e. The van der Waals surface area contributed by atoms with Crippen molar-refractivity contribution in [2.24, 2.45) is 4.99 Å². The summed E-state index contributed by atoms with van der Waals surface area (Å²) in [7, 11) is 4.27. The number of carbonyl (C=O) groups is 2. The zero-order valence-corrected chi connectivity index (χ0v) is 18.2. The van der Waals surface area contributed by atoms with Crippen LogP contribution in [0.2, 0.25) is 0 Å². The van der Waals surface area contributed by atoms with Crippen molar-refractivity contribution in [1.82, 2.24) is 4.57 Å². The number of methoxy groups -OCH3 is 3. The minimum absolute atomic E-state index is 0.190.